The van der Waals surface area contributed by atoms with Crippen molar-refractivity contribution in [3.05, 3.63) is 64.4 Å². The fourth-order valence-corrected chi connectivity index (χ4v) is 2.87. The van der Waals surface area contributed by atoms with Gasteiger partial charge in [-0.3, -0.25) is 4.79 Å². The molecular weight excluding hydrogens is 392 g/mol. The SMILES string of the molecule is CN.Cc1nn2ccc(OCc3ccccc3Cl)cc2c1C(=O)NC(C)(C)C=O. The number of halogens is 1. The molecule has 29 heavy (non-hydrogen) atoms. The minimum Gasteiger partial charge on any atom is -0.489 e. The van der Waals surface area contributed by atoms with Gasteiger partial charge in [0.25, 0.3) is 5.91 Å². The highest BCUT2D eigenvalue weighted by molar-refractivity contribution is 6.31. The average Bonchev–Trinajstić information content (AvgIpc) is 3.03. The van der Waals surface area contributed by atoms with Gasteiger partial charge in [-0.15, -0.1) is 0 Å². The van der Waals surface area contributed by atoms with E-state index in [1.165, 1.54) is 7.05 Å². The fraction of sp³-hybridized carbons (Fsp3) is 0.286. The lowest BCUT2D eigenvalue weighted by atomic mass is 10.1. The van der Waals surface area contributed by atoms with E-state index in [0.29, 0.717) is 40.4 Å². The minimum atomic E-state index is -0.962. The zero-order valence-electron chi connectivity index (χ0n) is 16.9. The van der Waals surface area contributed by atoms with Gasteiger partial charge in [-0.05, 0) is 40.0 Å². The number of nitrogens with zero attached hydrogens (tertiary/aromatic N) is 2. The Bertz CT molecular complexity index is 1010. The summed E-state index contributed by atoms with van der Waals surface area (Å²) in [5.74, 6) is 0.230. The molecule has 2 heterocycles. The van der Waals surface area contributed by atoms with E-state index < -0.39 is 5.54 Å². The van der Waals surface area contributed by atoms with Crippen LogP contribution >= 0.6 is 11.6 Å². The van der Waals surface area contributed by atoms with Crippen molar-refractivity contribution in [3.8, 4) is 5.75 Å². The number of aromatic nitrogens is 2. The third-order valence-corrected chi connectivity index (χ3v) is 4.46. The van der Waals surface area contributed by atoms with Gasteiger partial charge >= 0.3 is 0 Å². The Morgan fingerprint density at radius 2 is 2.00 bits per heavy atom. The Balaban J connectivity index is 0.00000145. The third kappa shape index (κ3) is 5.34. The molecule has 154 valence electrons. The van der Waals surface area contributed by atoms with Crippen molar-refractivity contribution in [2.45, 2.75) is 32.9 Å². The summed E-state index contributed by atoms with van der Waals surface area (Å²) in [6.07, 6.45) is 2.43. The second kappa shape index (κ2) is 9.54. The van der Waals surface area contributed by atoms with Crippen LogP contribution in [0.15, 0.2) is 42.6 Å². The van der Waals surface area contributed by atoms with Gasteiger partial charge < -0.3 is 20.6 Å². The molecule has 3 aromatic rings. The number of ether oxygens (including phenoxy) is 1. The first kappa shape index (κ1) is 22.4. The smallest absolute Gasteiger partial charge is 0.256 e. The summed E-state index contributed by atoms with van der Waals surface area (Å²) in [5.41, 5.74) is 5.99. The maximum atomic E-state index is 12.7. The molecule has 0 saturated carbocycles. The molecule has 0 aliphatic rings. The second-order valence-corrected chi connectivity index (χ2v) is 7.23. The number of benzene rings is 1. The molecule has 0 saturated heterocycles. The van der Waals surface area contributed by atoms with E-state index in [9.17, 15) is 9.59 Å². The van der Waals surface area contributed by atoms with Crippen LogP contribution in [0.5, 0.6) is 5.75 Å². The Kier molecular flexibility index (Phi) is 7.36. The van der Waals surface area contributed by atoms with Gasteiger partial charge in [0, 0.05) is 22.8 Å². The molecule has 7 nitrogen and oxygen atoms in total. The summed E-state index contributed by atoms with van der Waals surface area (Å²) in [4.78, 5) is 23.8. The molecule has 0 radical (unpaired) electrons. The van der Waals surface area contributed by atoms with E-state index in [4.69, 9.17) is 16.3 Å². The number of nitrogens with one attached hydrogen (secondary N) is 1. The Hall–Kier alpha value is -2.90. The lowest BCUT2D eigenvalue weighted by Gasteiger charge is -2.18. The number of aryl methyl sites for hydroxylation is 1. The van der Waals surface area contributed by atoms with E-state index in [1.54, 1.807) is 49.7 Å². The zero-order chi connectivity index (χ0) is 21.6. The molecule has 0 bridgehead atoms. The fourth-order valence-electron chi connectivity index (χ4n) is 2.68. The number of rotatable bonds is 6. The summed E-state index contributed by atoms with van der Waals surface area (Å²) in [5, 5.41) is 7.70. The number of carbonyl (C=O) groups excluding carboxylic acids is 2. The maximum Gasteiger partial charge on any atom is 0.256 e. The van der Waals surface area contributed by atoms with Crippen LogP contribution in [0.25, 0.3) is 5.52 Å². The van der Waals surface area contributed by atoms with E-state index in [2.05, 4.69) is 16.1 Å². The summed E-state index contributed by atoms with van der Waals surface area (Å²) in [7, 11) is 1.50. The molecular formula is C21H25ClN4O3. The summed E-state index contributed by atoms with van der Waals surface area (Å²) < 4.78 is 7.45. The van der Waals surface area contributed by atoms with Crippen molar-refractivity contribution in [1.82, 2.24) is 14.9 Å². The molecule has 3 rings (SSSR count). The first-order valence-electron chi connectivity index (χ1n) is 9.02. The first-order valence-corrected chi connectivity index (χ1v) is 9.40. The molecule has 3 N–H and O–H groups in total. The van der Waals surface area contributed by atoms with Gasteiger partial charge in [0.05, 0.1) is 22.3 Å². The Labute approximate surface area is 174 Å². The largest absolute Gasteiger partial charge is 0.489 e. The highest BCUT2D eigenvalue weighted by Gasteiger charge is 2.24. The highest BCUT2D eigenvalue weighted by atomic mass is 35.5. The number of nitrogens with two attached hydrogens (primary N) is 1. The molecule has 0 spiro atoms. The second-order valence-electron chi connectivity index (χ2n) is 6.83. The summed E-state index contributed by atoms with van der Waals surface area (Å²) in [6.45, 7) is 5.33. The van der Waals surface area contributed by atoms with Crippen molar-refractivity contribution in [3.63, 3.8) is 0 Å². The number of pyridine rings is 1. The van der Waals surface area contributed by atoms with E-state index in [1.807, 2.05) is 18.2 Å². The van der Waals surface area contributed by atoms with Crippen molar-refractivity contribution in [2.24, 2.45) is 5.73 Å². The van der Waals surface area contributed by atoms with Crippen LogP contribution in [-0.2, 0) is 11.4 Å². The van der Waals surface area contributed by atoms with Crippen LogP contribution in [0.1, 0.15) is 35.5 Å². The van der Waals surface area contributed by atoms with Crippen molar-refractivity contribution in [2.75, 3.05) is 7.05 Å². The van der Waals surface area contributed by atoms with Gasteiger partial charge in [-0.1, -0.05) is 29.8 Å². The Morgan fingerprint density at radius 1 is 1.31 bits per heavy atom. The molecule has 0 aliphatic carbocycles. The Morgan fingerprint density at radius 3 is 2.66 bits per heavy atom. The molecule has 8 heteroatoms. The van der Waals surface area contributed by atoms with Crippen molar-refractivity contribution < 1.29 is 14.3 Å². The normalized spacial score (nSPS) is 10.8. The third-order valence-electron chi connectivity index (χ3n) is 4.09. The average molecular weight is 417 g/mol. The van der Waals surface area contributed by atoms with Gasteiger partial charge in [0.2, 0.25) is 0 Å². The molecule has 0 fully saturated rings. The van der Waals surface area contributed by atoms with Crippen LogP contribution in [0.4, 0.5) is 0 Å². The van der Waals surface area contributed by atoms with Crippen LogP contribution in [0.2, 0.25) is 5.02 Å². The van der Waals surface area contributed by atoms with Gasteiger partial charge in [-0.25, -0.2) is 4.52 Å². The van der Waals surface area contributed by atoms with E-state index in [-0.39, 0.29) is 5.91 Å². The topological polar surface area (TPSA) is 98.7 Å². The number of fused-ring (bicyclic) bond motifs is 1. The van der Waals surface area contributed by atoms with E-state index >= 15 is 0 Å². The quantitative estimate of drug-likeness (QED) is 0.601. The maximum absolute atomic E-state index is 12.7. The molecule has 0 unspecified atom stereocenters. The summed E-state index contributed by atoms with van der Waals surface area (Å²) in [6, 6.07) is 11.0. The molecule has 0 aliphatic heterocycles. The van der Waals surface area contributed by atoms with Gasteiger partial charge in [-0.2, -0.15) is 5.10 Å². The molecule has 0 atom stereocenters. The zero-order valence-corrected chi connectivity index (χ0v) is 17.7. The number of amides is 1. The van der Waals surface area contributed by atoms with Crippen LogP contribution in [0.3, 0.4) is 0 Å². The number of aldehydes is 1. The first-order chi connectivity index (χ1) is 13.8. The number of carbonyl (C=O) groups is 2. The number of hydrogen-bond donors (Lipinski definition) is 2. The van der Waals surface area contributed by atoms with Crippen molar-refractivity contribution in [1.29, 1.82) is 0 Å². The monoisotopic (exact) mass is 416 g/mol. The van der Waals surface area contributed by atoms with Gasteiger partial charge in [0.1, 0.15) is 18.6 Å². The molecule has 1 amide bonds. The summed E-state index contributed by atoms with van der Waals surface area (Å²) >= 11 is 6.16. The predicted molar refractivity (Wildman–Crippen MR) is 113 cm³/mol. The molecule has 2 aromatic heterocycles. The van der Waals surface area contributed by atoms with Gasteiger partial charge in [0.15, 0.2) is 0 Å². The highest BCUT2D eigenvalue weighted by Crippen LogP contribution is 2.23. The number of hydrogen-bond acceptors (Lipinski definition) is 5. The standard InChI is InChI=1S/C20H20ClN3O3.CH5N/c1-13-18(19(26)22-20(2,3)12-25)17-10-15(8-9-24(17)23-13)27-11-14-6-4-5-7-16(14)21;1-2/h4-10,12H,11H2,1-3H3,(H,22,26);2H2,1H3. The van der Waals surface area contributed by atoms with Crippen molar-refractivity contribution >= 4 is 29.3 Å². The molecule has 1 aromatic carbocycles. The van der Waals surface area contributed by atoms with E-state index in [0.717, 1.165) is 5.56 Å². The lowest BCUT2D eigenvalue weighted by Crippen LogP contribution is -2.44. The lowest BCUT2D eigenvalue weighted by molar-refractivity contribution is -0.112. The van der Waals surface area contributed by atoms with Crippen LogP contribution in [-0.4, -0.2) is 34.4 Å². The minimum absolute atomic E-state index is 0.308. The van der Waals surface area contributed by atoms with Crippen LogP contribution < -0.4 is 15.8 Å². The van der Waals surface area contributed by atoms with Crippen LogP contribution in [0, 0.1) is 6.92 Å². The predicted octanol–water partition coefficient (Wildman–Crippen LogP) is 3.16.